The summed E-state index contributed by atoms with van der Waals surface area (Å²) in [6.07, 6.45) is -1.69. The zero-order valence-corrected chi connectivity index (χ0v) is 20.3. The molecule has 3 rings (SSSR count). The third-order valence-electron chi connectivity index (χ3n) is 5.71. The average molecular weight is 506 g/mol. The molecule has 2 atom stereocenters. The predicted octanol–water partition coefficient (Wildman–Crippen LogP) is 2.29. The number of nitrogens with zero attached hydrogens (tertiary/aromatic N) is 2. The first-order valence-corrected chi connectivity index (χ1v) is 12.8. The van der Waals surface area contributed by atoms with E-state index in [-0.39, 0.29) is 18.8 Å². The quantitative estimate of drug-likeness (QED) is 0.539. The topological polar surface area (TPSA) is 124 Å². The number of aliphatic carboxylic acids is 1. The van der Waals surface area contributed by atoms with Crippen molar-refractivity contribution in [2.75, 3.05) is 18.8 Å². The number of carboxylic acid groups (broad SMARTS) is 1. The van der Waals surface area contributed by atoms with Gasteiger partial charge in [-0.25, -0.2) is 12.8 Å². The minimum atomic E-state index is -3.88. The van der Waals surface area contributed by atoms with E-state index in [2.05, 4.69) is 5.32 Å². The molecule has 1 aliphatic rings. The van der Waals surface area contributed by atoms with Crippen LogP contribution in [0.5, 0.6) is 0 Å². The van der Waals surface area contributed by atoms with Crippen LogP contribution in [0.4, 0.5) is 4.39 Å². The Labute approximate surface area is 203 Å². The molecule has 0 aromatic heterocycles. The molecular weight excluding hydrogens is 477 g/mol. The number of carbonyl (C=O) groups excluding carboxylic acids is 2. The monoisotopic (exact) mass is 505 g/mol. The molecule has 0 aliphatic carbocycles. The Hall–Kier alpha value is -3.31. The second-order valence-electron chi connectivity index (χ2n) is 8.38. The molecule has 0 bridgehead atoms. The van der Waals surface area contributed by atoms with Gasteiger partial charge in [-0.05, 0) is 43.2 Å². The fourth-order valence-corrected chi connectivity index (χ4v) is 5.61. The van der Waals surface area contributed by atoms with Crippen LogP contribution < -0.4 is 5.32 Å². The van der Waals surface area contributed by atoms with Crippen LogP contribution in [0.2, 0.25) is 0 Å². The summed E-state index contributed by atoms with van der Waals surface area (Å²) in [6, 6.07) is 10.6. The zero-order valence-electron chi connectivity index (χ0n) is 19.5. The molecule has 1 heterocycles. The molecule has 2 unspecified atom stereocenters. The van der Waals surface area contributed by atoms with Crippen molar-refractivity contribution in [2.45, 2.75) is 38.9 Å². The van der Waals surface area contributed by atoms with Gasteiger partial charge < -0.3 is 15.3 Å². The summed E-state index contributed by atoms with van der Waals surface area (Å²) in [5.74, 6) is -3.31. The van der Waals surface area contributed by atoms with E-state index in [9.17, 15) is 32.3 Å². The van der Waals surface area contributed by atoms with Crippen LogP contribution in [0.3, 0.4) is 0 Å². The Balaban J connectivity index is 1.96. The standard InChI is InChI=1S/C24H28FN3O6S/c1-3-14-35(33,34)28-13-12-27(24(32)18-6-4-16(2)5-7-18)23(28)22(31)26-20(15-21(29)30)17-8-10-19(25)11-9-17/h4-11,20,23H,3,12-15H2,1-2H3,(H,26,31)(H,29,30). The summed E-state index contributed by atoms with van der Waals surface area (Å²) in [5, 5.41) is 11.9. The van der Waals surface area contributed by atoms with Gasteiger partial charge in [0.1, 0.15) is 5.82 Å². The van der Waals surface area contributed by atoms with Crippen molar-refractivity contribution in [2.24, 2.45) is 0 Å². The molecule has 188 valence electrons. The van der Waals surface area contributed by atoms with Gasteiger partial charge in [0.2, 0.25) is 10.0 Å². The lowest BCUT2D eigenvalue weighted by atomic mass is 10.0. The Morgan fingerprint density at radius 1 is 1.09 bits per heavy atom. The molecule has 11 heteroatoms. The smallest absolute Gasteiger partial charge is 0.305 e. The van der Waals surface area contributed by atoms with E-state index in [1.54, 1.807) is 31.2 Å². The van der Waals surface area contributed by atoms with E-state index in [0.717, 1.165) is 22.0 Å². The summed E-state index contributed by atoms with van der Waals surface area (Å²) in [5.41, 5.74) is 1.56. The third-order valence-corrected chi connectivity index (χ3v) is 7.73. The van der Waals surface area contributed by atoms with Gasteiger partial charge in [0.15, 0.2) is 6.17 Å². The van der Waals surface area contributed by atoms with Crippen molar-refractivity contribution in [3.8, 4) is 0 Å². The predicted molar refractivity (Wildman–Crippen MR) is 126 cm³/mol. The lowest BCUT2D eigenvalue weighted by Gasteiger charge is -2.30. The van der Waals surface area contributed by atoms with Gasteiger partial charge in [0, 0.05) is 18.7 Å². The maximum atomic E-state index is 13.5. The number of aryl methyl sites for hydroxylation is 1. The van der Waals surface area contributed by atoms with E-state index in [4.69, 9.17) is 0 Å². The molecule has 35 heavy (non-hydrogen) atoms. The van der Waals surface area contributed by atoms with Gasteiger partial charge in [-0.2, -0.15) is 4.31 Å². The number of carbonyl (C=O) groups is 3. The van der Waals surface area contributed by atoms with E-state index >= 15 is 0 Å². The van der Waals surface area contributed by atoms with Crippen LogP contribution in [-0.4, -0.2) is 65.5 Å². The number of nitrogens with one attached hydrogen (secondary N) is 1. The average Bonchev–Trinajstić information content (AvgIpc) is 3.25. The van der Waals surface area contributed by atoms with Crippen molar-refractivity contribution < 1.29 is 32.3 Å². The Bertz CT molecular complexity index is 1180. The number of carboxylic acids is 1. The first-order valence-electron chi connectivity index (χ1n) is 11.2. The number of sulfonamides is 1. The number of hydrogen-bond acceptors (Lipinski definition) is 5. The lowest BCUT2D eigenvalue weighted by molar-refractivity contribution is -0.138. The summed E-state index contributed by atoms with van der Waals surface area (Å²) >= 11 is 0. The van der Waals surface area contributed by atoms with Gasteiger partial charge in [0.25, 0.3) is 11.8 Å². The molecule has 0 spiro atoms. The molecule has 1 fully saturated rings. The number of rotatable bonds is 9. The molecule has 2 N–H and O–H groups in total. The van der Waals surface area contributed by atoms with Gasteiger partial charge in [-0.1, -0.05) is 36.8 Å². The Kier molecular flexibility index (Phi) is 8.23. The van der Waals surface area contributed by atoms with Crippen LogP contribution in [0, 0.1) is 12.7 Å². The SMILES string of the molecule is CCCS(=O)(=O)N1CCN(C(=O)c2ccc(C)cc2)C1C(=O)NC(CC(=O)O)c1ccc(F)cc1. The number of benzene rings is 2. The first kappa shape index (κ1) is 26.3. The van der Waals surface area contributed by atoms with Crippen LogP contribution in [-0.2, 0) is 19.6 Å². The minimum Gasteiger partial charge on any atom is -0.481 e. The largest absolute Gasteiger partial charge is 0.481 e. The summed E-state index contributed by atoms with van der Waals surface area (Å²) < 4.78 is 40.2. The van der Waals surface area contributed by atoms with Gasteiger partial charge >= 0.3 is 5.97 Å². The highest BCUT2D eigenvalue weighted by atomic mass is 32.2. The fraction of sp³-hybridized carbons (Fsp3) is 0.375. The van der Waals surface area contributed by atoms with Crippen molar-refractivity contribution in [1.82, 2.24) is 14.5 Å². The molecule has 2 aromatic carbocycles. The van der Waals surface area contributed by atoms with Crippen molar-refractivity contribution in [3.63, 3.8) is 0 Å². The molecule has 2 aromatic rings. The van der Waals surface area contributed by atoms with E-state index in [0.29, 0.717) is 17.5 Å². The summed E-state index contributed by atoms with van der Waals surface area (Å²) in [7, 11) is -3.88. The second kappa shape index (κ2) is 11.0. The summed E-state index contributed by atoms with van der Waals surface area (Å²) in [4.78, 5) is 39.4. The zero-order chi connectivity index (χ0) is 25.8. The first-order chi connectivity index (χ1) is 16.5. The van der Waals surface area contributed by atoms with Gasteiger partial charge in [-0.3, -0.25) is 14.4 Å². The molecular formula is C24H28FN3O6S. The van der Waals surface area contributed by atoms with Gasteiger partial charge in [0.05, 0.1) is 18.2 Å². The molecule has 9 nitrogen and oxygen atoms in total. The van der Waals surface area contributed by atoms with Crippen LogP contribution >= 0.6 is 0 Å². The Morgan fingerprint density at radius 3 is 2.29 bits per heavy atom. The highest BCUT2D eigenvalue weighted by Crippen LogP contribution is 2.25. The van der Waals surface area contributed by atoms with Crippen molar-refractivity contribution in [3.05, 3.63) is 71.0 Å². The molecule has 0 radical (unpaired) electrons. The van der Waals surface area contributed by atoms with Crippen molar-refractivity contribution in [1.29, 1.82) is 0 Å². The van der Waals surface area contributed by atoms with Crippen LogP contribution in [0.25, 0.3) is 0 Å². The lowest BCUT2D eigenvalue weighted by Crippen LogP contribution is -2.54. The maximum absolute atomic E-state index is 13.5. The van der Waals surface area contributed by atoms with Crippen LogP contribution in [0.15, 0.2) is 48.5 Å². The fourth-order valence-electron chi connectivity index (χ4n) is 3.99. The number of hydrogen-bond donors (Lipinski definition) is 2. The third kappa shape index (κ3) is 6.23. The Morgan fingerprint density at radius 2 is 1.71 bits per heavy atom. The molecule has 1 saturated heterocycles. The van der Waals surface area contributed by atoms with Crippen LogP contribution in [0.1, 0.15) is 47.3 Å². The molecule has 2 amide bonds. The van der Waals surface area contributed by atoms with Crippen molar-refractivity contribution >= 4 is 27.8 Å². The number of halogens is 1. The normalized spacial score (nSPS) is 17.2. The van der Waals surface area contributed by atoms with E-state index in [1.807, 2.05) is 6.92 Å². The maximum Gasteiger partial charge on any atom is 0.305 e. The molecule has 1 aliphatic heterocycles. The highest BCUT2D eigenvalue weighted by Gasteiger charge is 2.46. The summed E-state index contributed by atoms with van der Waals surface area (Å²) in [6.45, 7) is 3.47. The van der Waals surface area contributed by atoms with E-state index in [1.165, 1.54) is 17.0 Å². The minimum absolute atomic E-state index is 0.00607. The molecule has 0 saturated carbocycles. The highest BCUT2D eigenvalue weighted by molar-refractivity contribution is 7.89. The number of amides is 2. The van der Waals surface area contributed by atoms with Gasteiger partial charge in [-0.15, -0.1) is 0 Å². The second-order valence-corrected chi connectivity index (χ2v) is 10.4. The van der Waals surface area contributed by atoms with E-state index < -0.39 is 52.3 Å².